The molecule has 2 atom stereocenters. The molecule has 2 aromatic carbocycles. The zero-order valence-corrected chi connectivity index (χ0v) is 29.0. The number of rotatable bonds is 8. The molecule has 188 valence electrons. The monoisotopic (exact) mass is 692 g/mol. The van der Waals surface area contributed by atoms with E-state index in [1.807, 2.05) is 0 Å². The summed E-state index contributed by atoms with van der Waals surface area (Å²) in [5, 5.41) is 0. The summed E-state index contributed by atoms with van der Waals surface area (Å²) in [7, 11) is 16.8. The van der Waals surface area contributed by atoms with Gasteiger partial charge in [0.1, 0.15) is 0 Å². The van der Waals surface area contributed by atoms with E-state index in [2.05, 4.69) is 84.9 Å². The second-order valence-electron chi connectivity index (χ2n) is 10.7. The fourth-order valence-electron chi connectivity index (χ4n) is 7.03. The van der Waals surface area contributed by atoms with E-state index in [-0.39, 0.29) is 13.6 Å². The molecule has 0 aliphatic heterocycles. The molecule has 0 saturated heterocycles. The van der Waals surface area contributed by atoms with Crippen LogP contribution in [0, 0.1) is 0 Å². The fraction of sp³-hybridized carbons (Fsp3) is 0.484. The summed E-state index contributed by atoms with van der Waals surface area (Å²) in [6, 6.07) is 10.6. The van der Waals surface area contributed by atoms with Crippen molar-refractivity contribution in [3.05, 3.63) is 79.9 Å². The molecular formula is C31H42Cl2HfSi. The predicted octanol–water partition coefficient (Wildman–Crippen LogP) is 9.73. The van der Waals surface area contributed by atoms with Gasteiger partial charge in [0.15, 0.2) is 0 Å². The summed E-state index contributed by atoms with van der Waals surface area (Å²) in [5.74, 6) is 0. The van der Waals surface area contributed by atoms with Crippen LogP contribution in [-0.2, 0) is 40.4 Å². The Morgan fingerprint density at radius 1 is 0.657 bits per heavy atom. The van der Waals surface area contributed by atoms with Crippen LogP contribution in [-0.4, -0.2) is 6.22 Å². The molecule has 0 fully saturated rings. The number of hydrogen-bond acceptors (Lipinski definition) is 0. The van der Waals surface area contributed by atoms with Gasteiger partial charge in [-0.05, 0) is 0 Å². The Morgan fingerprint density at radius 2 is 1.03 bits per heavy atom. The summed E-state index contributed by atoms with van der Waals surface area (Å²) in [5.41, 5.74) is 14.5. The topological polar surface area (TPSA) is 0 Å². The maximum atomic E-state index is 8.42. The van der Waals surface area contributed by atoms with Crippen LogP contribution in [0.15, 0.2) is 35.4 Å². The number of benzene rings is 2. The summed E-state index contributed by atoms with van der Waals surface area (Å²) < 4.78 is 0.449. The van der Waals surface area contributed by atoms with Crippen LogP contribution in [0.25, 0.3) is 12.2 Å². The van der Waals surface area contributed by atoms with Gasteiger partial charge in [-0.1, -0.05) is 0 Å². The van der Waals surface area contributed by atoms with Crippen LogP contribution in [0.4, 0.5) is 0 Å². The first-order valence-electron chi connectivity index (χ1n) is 13.7. The third-order valence-electron chi connectivity index (χ3n) is 8.62. The van der Waals surface area contributed by atoms with Gasteiger partial charge in [0.25, 0.3) is 0 Å². The average Bonchev–Trinajstić information content (AvgIpc) is 3.39. The normalized spacial score (nSPS) is 19.4. The van der Waals surface area contributed by atoms with Gasteiger partial charge in [-0.15, -0.1) is 0 Å². The van der Waals surface area contributed by atoms with E-state index in [0.29, 0.717) is 0 Å². The van der Waals surface area contributed by atoms with Crippen molar-refractivity contribution < 1.29 is 14.8 Å². The van der Waals surface area contributed by atoms with Gasteiger partial charge < -0.3 is 0 Å². The standard InChI is InChI=1S/2C14H17.C3H8Si.2ClH.Hf/c2*1-4-11-6-7-12(5-2)14-9-10(3)8-13(11)14;1-2-3-4;;;/h2*6-9H,4-5H2,1-3H3;4H,2-3H2,1H3;2*1H;/q;;;;;+2/p-2. The molecule has 35 heavy (non-hydrogen) atoms. The third kappa shape index (κ3) is 4.37. The summed E-state index contributed by atoms with van der Waals surface area (Å²) in [4.78, 5) is 0. The number of allylic oxidation sites excluding steroid dienone is 2. The number of aryl methyl sites for hydroxylation is 4. The van der Waals surface area contributed by atoms with Crippen LogP contribution in [0.3, 0.4) is 0 Å². The molecule has 2 aromatic rings. The van der Waals surface area contributed by atoms with Gasteiger partial charge in [-0.3, -0.25) is 0 Å². The van der Waals surface area contributed by atoms with Gasteiger partial charge in [-0.2, -0.15) is 0 Å². The molecule has 0 saturated carbocycles. The first-order valence-corrected chi connectivity index (χ1v) is 34.4. The van der Waals surface area contributed by atoms with Crippen LogP contribution in [0.1, 0.15) is 107 Å². The minimum atomic E-state index is -4.70. The molecule has 0 bridgehead atoms. The quantitative estimate of drug-likeness (QED) is 0.242. The SMILES string of the molecule is CCC[SiH]=[Hf]([Cl])([Cl])([CH]1C(C)=Cc2c(CC)ccc(CC)c21)[CH]1C(C)=Cc2c(CC)ccc(CC)c21. The average molecular weight is 692 g/mol. The molecule has 0 N–H and O–H groups in total. The Hall–Kier alpha value is -0.413. The molecule has 4 heteroatoms. The molecule has 0 spiro atoms. The van der Waals surface area contributed by atoms with Gasteiger partial charge in [0.05, 0.1) is 0 Å². The van der Waals surface area contributed by atoms with E-state index >= 15 is 0 Å². The van der Waals surface area contributed by atoms with Crippen LogP contribution < -0.4 is 0 Å². The molecule has 2 aliphatic rings. The molecule has 2 unspecified atom stereocenters. The van der Waals surface area contributed by atoms with Gasteiger partial charge >= 0.3 is 224 Å². The van der Waals surface area contributed by atoms with Crippen LogP contribution in [0.5, 0.6) is 0 Å². The molecule has 0 radical (unpaired) electrons. The van der Waals surface area contributed by atoms with Gasteiger partial charge in [0, 0.05) is 0 Å². The molecule has 0 nitrogen and oxygen atoms in total. The first-order chi connectivity index (χ1) is 16.6. The number of fused-ring (bicyclic) bond motifs is 2. The van der Waals surface area contributed by atoms with Crippen molar-refractivity contribution in [2.24, 2.45) is 0 Å². The van der Waals surface area contributed by atoms with E-state index in [1.165, 1.54) is 61.7 Å². The first kappa shape index (κ1) is 27.6. The van der Waals surface area contributed by atoms with Crippen LogP contribution in [0.2, 0.25) is 6.04 Å². The zero-order valence-electron chi connectivity index (χ0n) is 22.7. The Labute approximate surface area is 222 Å². The Balaban J connectivity index is 2.09. The van der Waals surface area contributed by atoms with Crippen molar-refractivity contribution in [2.75, 3.05) is 0 Å². The summed E-state index contributed by atoms with van der Waals surface area (Å²) in [6.07, 6.45) is 10.2. The summed E-state index contributed by atoms with van der Waals surface area (Å²) >= 11 is -4.70. The van der Waals surface area contributed by atoms with Crippen molar-refractivity contribution in [3.63, 3.8) is 0 Å². The van der Waals surface area contributed by atoms with Crippen molar-refractivity contribution >= 4 is 35.5 Å². The molecule has 0 amide bonds. The van der Waals surface area contributed by atoms with Gasteiger partial charge in [-0.25, -0.2) is 0 Å². The third-order valence-corrected chi connectivity index (χ3v) is 55.2. The molecule has 0 aromatic heterocycles. The van der Waals surface area contributed by atoms with Crippen molar-refractivity contribution in [3.8, 4) is 0 Å². The van der Waals surface area contributed by atoms with Crippen molar-refractivity contribution in [2.45, 2.75) is 94.0 Å². The predicted molar refractivity (Wildman–Crippen MR) is 157 cm³/mol. The second-order valence-corrected chi connectivity index (χ2v) is 60.6. The second kappa shape index (κ2) is 10.4. The maximum absolute atomic E-state index is 8.42. The molecule has 0 heterocycles. The number of halogens is 2. The van der Waals surface area contributed by atoms with E-state index in [0.717, 1.165) is 32.1 Å². The van der Waals surface area contributed by atoms with Gasteiger partial charge in [0.2, 0.25) is 0 Å². The van der Waals surface area contributed by atoms with E-state index in [9.17, 15) is 0 Å². The minimum absolute atomic E-state index is 0.0163. The Kier molecular flexibility index (Phi) is 8.20. The summed E-state index contributed by atoms with van der Waals surface area (Å²) in [6.45, 7) is 16.1. The Morgan fingerprint density at radius 3 is 1.37 bits per heavy atom. The van der Waals surface area contributed by atoms with Crippen molar-refractivity contribution in [1.82, 2.24) is 0 Å². The fourth-order valence-corrected chi connectivity index (χ4v) is 58.5. The molecule has 4 rings (SSSR count). The number of hydrogen-bond donors (Lipinski definition) is 0. The van der Waals surface area contributed by atoms with E-state index < -0.39 is 14.8 Å². The van der Waals surface area contributed by atoms with Crippen molar-refractivity contribution in [1.29, 1.82) is 0 Å². The Bertz CT molecular complexity index is 1200. The molecular weight excluding hydrogens is 650 g/mol. The molecule has 2 aliphatic carbocycles. The van der Waals surface area contributed by atoms with E-state index in [4.69, 9.17) is 17.2 Å². The van der Waals surface area contributed by atoms with Crippen LogP contribution >= 0.6 is 17.2 Å². The van der Waals surface area contributed by atoms with E-state index in [1.54, 1.807) is 0 Å². The zero-order chi connectivity index (χ0) is 25.6.